The van der Waals surface area contributed by atoms with Crippen molar-refractivity contribution in [2.24, 2.45) is 7.05 Å². The van der Waals surface area contributed by atoms with Crippen LogP contribution in [-0.4, -0.2) is 15.6 Å². The van der Waals surface area contributed by atoms with Gasteiger partial charge in [-0.2, -0.15) is 5.10 Å². The van der Waals surface area contributed by atoms with Crippen LogP contribution in [0.2, 0.25) is 0 Å². The predicted octanol–water partition coefficient (Wildman–Crippen LogP) is 3.90. The Morgan fingerprint density at radius 1 is 1.29 bits per heavy atom. The van der Waals surface area contributed by atoms with E-state index in [2.05, 4.69) is 21.0 Å². The fourth-order valence-electron chi connectivity index (χ4n) is 2.36. The number of carbonyl (C=O) groups excluding carboxylic acids is 1. The Labute approximate surface area is 129 Å². The molecular weight excluding hydrogens is 335 g/mol. The number of Topliss-reactive ketones (excluding diaryl/α,β-unsaturated/α-hetero) is 1. The minimum atomic E-state index is -0.383. The molecule has 3 aromatic rings. The van der Waals surface area contributed by atoms with Crippen molar-refractivity contribution in [2.45, 2.75) is 6.42 Å². The zero-order valence-corrected chi connectivity index (χ0v) is 12.9. The van der Waals surface area contributed by atoms with Gasteiger partial charge in [0.05, 0.1) is 5.52 Å². The second-order valence-electron chi connectivity index (χ2n) is 4.83. The van der Waals surface area contributed by atoms with Gasteiger partial charge in [0.25, 0.3) is 0 Å². The summed E-state index contributed by atoms with van der Waals surface area (Å²) >= 11 is 3.29. The molecule has 0 bridgehead atoms. The third-order valence-electron chi connectivity index (χ3n) is 3.38. The van der Waals surface area contributed by atoms with Crippen LogP contribution in [0.25, 0.3) is 10.9 Å². The molecule has 0 fully saturated rings. The Hall–Kier alpha value is -2.01. The zero-order chi connectivity index (χ0) is 15.0. The number of fused-ring (bicyclic) bond motifs is 1. The first-order valence-electron chi connectivity index (χ1n) is 6.45. The molecule has 0 unspecified atom stereocenters. The van der Waals surface area contributed by atoms with Gasteiger partial charge in [0.2, 0.25) is 0 Å². The second kappa shape index (κ2) is 5.41. The highest BCUT2D eigenvalue weighted by molar-refractivity contribution is 9.10. The van der Waals surface area contributed by atoms with E-state index in [1.54, 1.807) is 23.9 Å². The standard InChI is InChI=1S/C16H12BrFN2O/c1-20-14-5-3-2-4-12(14)16(19-20)15(21)9-10-8-11(17)6-7-13(10)18/h2-8H,9H2,1H3. The van der Waals surface area contributed by atoms with Crippen molar-refractivity contribution in [3.63, 3.8) is 0 Å². The Balaban J connectivity index is 2.00. The summed E-state index contributed by atoms with van der Waals surface area (Å²) in [5, 5.41) is 5.06. The fourth-order valence-corrected chi connectivity index (χ4v) is 2.76. The van der Waals surface area contributed by atoms with E-state index >= 15 is 0 Å². The van der Waals surface area contributed by atoms with Crippen molar-refractivity contribution in [1.82, 2.24) is 9.78 Å². The van der Waals surface area contributed by atoms with E-state index in [4.69, 9.17) is 0 Å². The molecule has 2 aromatic carbocycles. The van der Waals surface area contributed by atoms with E-state index in [9.17, 15) is 9.18 Å². The van der Waals surface area contributed by atoms with E-state index in [1.807, 2.05) is 24.3 Å². The molecule has 0 aliphatic rings. The number of aromatic nitrogens is 2. The van der Waals surface area contributed by atoms with Gasteiger partial charge in [0.15, 0.2) is 5.78 Å². The minimum absolute atomic E-state index is 0.00766. The fraction of sp³-hybridized carbons (Fsp3) is 0.125. The third-order valence-corrected chi connectivity index (χ3v) is 3.87. The maximum absolute atomic E-state index is 13.8. The SMILES string of the molecule is Cn1nc(C(=O)Cc2cc(Br)ccc2F)c2ccccc21. The van der Waals surface area contributed by atoms with Gasteiger partial charge in [-0.05, 0) is 29.8 Å². The van der Waals surface area contributed by atoms with E-state index < -0.39 is 0 Å². The first-order chi connectivity index (χ1) is 10.1. The normalized spacial score (nSPS) is 11.0. The summed E-state index contributed by atoms with van der Waals surface area (Å²) in [5.41, 5.74) is 1.63. The van der Waals surface area contributed by atoms with Crippen LogP contribution in [0, 0.1) is 5.82 Å². The molecule has 3 rings (SSSR count). The van der Waals surface area contributed by atoms with Gasteiger partial charge in [-0.1, -0.05) is 34.1 Å². The van der Waals surface area contributed by atoms with Crippen LogP contribution < -0.4 is 0 Å². The Kier molecular flexibility index (Phi) is 3.59. The average molecular weight is 347 g/mol. The Morgan fingerprint density at radius 2 is 2.05 bits per heavy atom. The van der Waals surface area contributed by atoms with Gasteiger partial charge < -0.3 is 0 Å². The molecule has 21 heavy (non-hydrogen) atoms. The zero-order valence-electron chi connectivity index (χ0n) is 11.3. The molecule has 0 saturated heterocycles. The highest BCUT2D eigenvalue weighted by Crippen LogP contribution is 2.21. The van der Waals surface area contributed by atoms with Gasteiger partial charge >= 0.3 is 0 Å². The molecule has 0 radical (unpaired) electrons. The smallest absolute Gasteiger partial charge is 0.188 e. The molecule has 0 N–H and O–H groups in total. The summed E-state index contributed by atoms with van der Waals surface area (Å²) < 4.78 is 16.2. The van der Waals surface area contributed by atoms with Crippen LogP contribution in [0.1, 0.15) is 16.1 Å². The monoisotopic (exact) mass is 346 g/mol. The number of rotatable bonds is 3. The number of para-hydroxylation sites is 1. The van der Waals surface area contributed by atoms with Crippen LogP contribution in [0.3, 0.4) is 0 Å². The summed E-state index contributed by atoms with van der Waals surface area (Å²) in [4.78, 5) is 12.4. The lowest BCUT2D eigenvalue weighted by Gasteiger charge is -2.02. The number of benzene rings is 2. The molecule has 0 atom stereocenters. The molecule has 3 nitrogen and oxygen atoms in total. The van der Waals surface area contributed by atoms with Crippen molar-refractivity contribution in [1.29, 1.82) is 0 Å². The number of halogens is 2. The Morgan fingerprint density at radius 3 is 2.86 bits per heavy atom. The van der Waals surface area contributed by atoms with Gasteiger partial charge in [0.1, 0.15) is 11.5 Å². The minimum Gasteiger partial charge on any atom is -0.292 e. The van der Waals surface area contributed by atoms with Crippen LogP contribution >= 0.6 is 15.9 Å². The highest BCUT2D eigenvalue weighted by atomic mass is 79.9. The van der Waals surface area contributed by atoms with Gasteiger partial charge in [0, 0.05) is 23.3 Å². The Bertz CT molecular complexity index is 841. The first-order valence-corrected chi connectivity index (χ1v) is 7.24. The predicted molar refractivity (Wildman–Crippen MR) is 82.8 cm³/mol. The summed E-state index contributed by atoms with van der Waals surface area (Å²) in [6.07, 6.45) is -0.00766. The van der Waals surface area contributed by atoms with E-state index in [1.165, 1.54) is 6.07 Å². The lowest BCUT2D eigenvalue weighted by molar-refractivity contribution is 0.0988. The quantitative estimate of drug-likeness (QED) is 0.674. The van der Waals surface area contributed by atoms with Crippen molar-refractivity contribution < 1.29 is 9.18 Å². The third kappa shape index (κ3) is 2.61. The number of ketones is 1. The van der Waals surface area contributed by atoms with Crippen LogP contribution in [0.15, 0.2) is 46.9 Å². The van der Waals surface area contributed by atoms with Crippen LogP contribution in [0.4, 0.5) is 4.39 Å². The average Bonchev–Trinajstić information content (AvgIpc) is 2.81. The largest absolute Gasteiger partial charge is 0.292 e. The molecule has 1 heterocycles. The van der Waals surface area contributed by atoms with Crippen LogP contribution in [-0.2, 0) is 13.5 Å². The number of aryl methyl sites for hydroxylation is 1. The summed E-state index contributed by atoms with van der Waals surface area (Å²) in [5.74, 6) is -0.574. The van der Waals surface area contributed by atoms with Gasteiger partial charge in [-0.25, -0.2) is 4.39 Å². The molecule has 0 amide bonds. The van der Waals surface area contributed by atoms with Crippen molar-refractivity contribution >= 4 is 32.6 Å². The topological polar surface area (TPSA) is 34.9 Å². The molecule has 5 heteroatoms. The number of carbonyl (C=O) groups is 1. The van der Waals surface area contributed by atoms with Crippen molar-refractivity contribution in [2.75, 3.05) is 0 Å². The summed E-state index contributed by atoms with van der Waals surface area (Å²) in [6, 6.07) is 12.1. The maximum Gasteiger partial charge on any atom is 0.188 e. The van der Waals surface area contributed by atoms with Gasteiger partial charge in [-0.3, -0.25) is 9.48 Å². The van der Waals surface area contributed by atoms with Crippen molar-refractivity contribution in [3.05, 3.63) is 64.0 Å². The molecule has 1 aromatic heterocycles. The molecule has 0 saturated carbocycles. The lowest BCUT2D eigenvalue weighted by Crippen LogP contribution is -2.07. The van der Waals surface area contributed by atoms with E-state index in [0.29, 0.717) is 11.3 Å². The molecule has 0 aliphatic heterocycles. The van der Waals surface area contributed by atoms with Crippen molar-refractivity contribution in [3.8, 4) is 0 Å². The molecule has 0 aliphatic carbocycles. The number of hydrogen-bond donors (Lipinski definition) is 0. The van der Waals surface area contributed by atoms with E-state index in [0.717, 1.165) is 15.4 Å². The summed E-state index contributed by atoms with van der Waals surface area (Å²) in [7, 11) is 1.79. The summed E-state index contributed by atoms with van der Waals surface area (Å²) in [6.45, 7) is 0. The second-order valence-corrected chi connectivity index (χ2v) is 5.74. The van der Waals surface area contributed by atoms with Crippen LogP contribution in [0.5, 0.6) is 0 Å². The number of hydrogen-bond acceptors (Lipinski definition) is 2. The maximum atomic E-state index is 13.8. The van der Waals surface area contributed by atoms with Gasteiger partial charge in [-0.15, -0.1) is 0 Å². The first kappa shape index (κ1) is 13.9. The van der Waals surface area contributed by atoms with E-state index in [-0.39, 0.29) is 18.0 Å². The molecular formula is C16H12BrFN2O. The molecule has 0 spiro atoms. The lowest BCUT2D eigenvalue weighted by atomic mass is 10.0. The molecule has 106 valence electrons. The highest BCUT2D eigenvalue weighted by Gasteiger charge is 2.17. The number of nitrogens with zero attached hydrogens (tertiary/aromatic N) is 2.